The van der Waals surface area contributed by atoms with E-state index in [-0.39, 0.29) is 46.1 Å². The van der Waals surface area contributed by atoms with Crippen LogP contribution in [0.2, 0.25) is 0 Å². The maximum absolute atomic E-state index is 13.2. The van der Waals surface area contributed by atoms with E-state index in [1.807, 2.05) is 30.3 Å². The predicted octanol–water partition coefficient (Wildman–Crippen LogP) is 4.87. The predicted molar refractivity (Wildman–Crippen MR) is 132 cm³/mol. The van der Waals surface area contributed by atoms with Crippen molar-refractivity contribution in [2.45, 2.75) is 12.3 Å². The number of phenolic OH excluding ortho intramolecular Hbond substituents is 2. The normalized spacial score (nSPS) is 15.0. The SMILES string of the molecule is COc1ccc(-c2cc(=O)c3c(O)cc4c(c3o2)C(c2cccc3cccnc23)CC(=O)O4)cc1O. The number of carbonyl (C=O) groups excluding carboxylic acids is 1. The molecule has 0 spiro atoms. The third-order valence-electron chi connectivity index (χ3n) is 6.43. The third-order valence-corrected chi connectivity index (χ3v) is 6.43. The van der Waals surface area contributed by atoms with Gasteiger partial charge in [-0.15, -0.1) is 0 Å². The number of ether oxygens (including phenoxy) is 2. The molecule has 0 radical (unpaired) electrons. The Bertz CT molecular complexity index is 1750. The highest BCUT2D eigenvalue weighted by molar-refractivity contribution is 5.94. The zero-order chi connectivity index (χ0) is 25.0. The summed E-state index contributed by atoms with van der Waals surface area (Å²) in [5.41, 5.74) is 2.01. The fourth-order valence-corrected chi connectivity index (χ4v) is 4.82. The largest absolute Gasteiger partial charge is 0.507 e. The first-order valence-electron chi connectivity index (χ1n) is 11.2. The summed E-state index contributed by atoms with van der Waals surface area (Å²) in [6.45, 7) is 0. The lowest BCUT2D eigenvalue weighted by Gasteiger charge is -2.26. The topological polar surface area (TPSA) is 119 Å². The van der Waals surface area contributed by atoms with Crippen LogP contribution in [0, 0.1) is 0 Å². The van der Waals surface area contributed by atoms with Gasteiger partial charge in [0.2, 0.25) is 0 Å². The third kappa shape index (κ3) is 3.34. The highest BCUT2D eigenvalue weighted by Crippen LogP contribution is 2.47. The number of hydrogen-bond acceptors (Lipinski definition) is 8. The summed E-state index contributed by atoms with van der Waals surface area (Å²) in [5, 5.41) is 21.8. The Balaban J connectivity index is 1.65. The quantitative estimate of drug-likeness (QED) is 0.277. The van der Waals surface area contributed by atoms with Crippen LogP contribution >= 0.6 is 0 Å². The summed E-state index contributed by atoms with van der Waals surface area (Å²) in [6, 6.07) is 16.6. The van der Waals surface area contributed by atoms with Gasteiger partial charge >= 0.3 is 5.97 Å². The molecule has 2 aromatic heterocycles. The Kier molecular flexibility index (Phi) is 4.89. The van der Waals surface area contributed by atoms with Crippen molar-refractivity contribution in [2.75, 3.05) is 7.11 Å². The molecule has 0 saturated heterocycles. The van der Waals surface area contributed by atoms with Gasteiger partial charge in [0.25, 0.3) is 0 Å². The summed E-state index contributed by atoms with van der Waals surface area (Å²) >= 11 is 0. The highest BCUT2D eigenvalue weighted by Gasteiger charge is 2.34. The van der Waals surface area contributed by atoms with Crippen molar-refractivity contribution in [1.82, 2.24) is 4.98 Å². The van der Waals surface area contributed by atoms with E-state index in [1.165, 1.54) is 25.3 Å². The molecule has 3 aromatic carbocycles. The van der Waals surface area contributed by atoms with Crippen LogP contribution in [0.15, 0.2) is 76.1 Å². The molecule has 36 heavy (non-hydrogen) atoms. The number of para-hydroxylation sites is 1. The lowest BCUT2D eigenvalue weighted by molar-refractivity contribution is -0.135. The monoisotopic (exact) mass is 481 g/mol. The Hall–Kier alpha value is -4.85. The highest BCUT2D eigenvalue weighted by atomic mass is 16.5. The maximum atomic E-state index is 13.2. The summed E-state index contributed by atoms with van der Waals surface area (Å²) in [7, 11) is 1.43. The molecule has 2 N–H and O–H groups in total. The summed E-state index contributed by atoms with van der Waals surface area (Å²) in [4.78, 5) is 30.3. The van der Waals surface area contributed by atoms with Gasteiger partial charge in [0.1, 0.15) is 28.2 Å². The number of phenols is 2. The van der Waals surface area contributed by atoms with Gasteiger partial charge in [-0.05, 0) is 29.8 Å². The van der Waals surface area contributed by atoms with E-state index >= 15 is 0 Å². The Labute approximate surface area is 204 Å². The number of fused-ring (bicyclic) bond motifs is 4. The molecule has 0 fully saturated rings. The second kappa shape index (κ2) is 8.13. The van der Waals surface area contributed by atoms with Gasteiger partial charge in [0, 0.05) is 40.8 Å². The number of aromatic hydroxyl groups is 2. The summed E-state index contributed by atoms with van der Waals surface area (Å²) < 4.78 is 16.8. The number of aromatic nitrogens is 1. The second-order valence-electron chi connectivity index (χ2n) is 8.53. The van der Waals surface area contributed by atoms with Gasteiger partial charge in [-0.1, -0.05) is 24.3 Å². The second-order valence-corrected chi connectivity index (χ2v) is 8.53. The number of benzene rings is 3. The van der Waals surface area contributed by atoms with E-state index in [1.54, 1.807) is 18.3 Å². The van der Waals surface area contributed by atoms with E-state index in [4.69, 9.17) is 13.9 Å². The van der Waals surface area contributed by atoms with Crippen molar-refractivity contribution in [3.8, 4) is 34.3 Å². The first-order chi connectivity index (χ1) is 17.4. The lowest BCUT2D eigenvalue weighted by Crippen LogP contribution is -2.22. The fraction of sp³-hybridized carbons (Fsp3) is 0.107. The Morgan fingerprint density at radius 3 is 2.64 bits per heavy atom. The van der Waals surface area contributed by atoms with Gasteiger partial charge < -0.3 is 24.1 Å². The van der Waals surface area contributed by atoms with Gasteiger partial charge in [-0.2, -0.15) is 0 Å². The zero-order valence-electron chi connectivity index (χ0n) is 19.0. The number of methoxy groups -OCH3 is 1. The molecule has 0 aliphatic carbocycles. The fourth-order valence-electron chi connectivity index (χ4n) is 4.82. The van der Waals surface area contributed by atoms with Gasteiger partial charge in [0.15, 0.2) is 16.9 Å². The zero-order valence-corrected chi connectivity index (χ0v) is 19.0. The van der Waals surface area contributed by atoms with Gasteiger partial charge in [0.05, 0.1) is 19.0 Å². The van der Waals surface area contributed by atoms with Crippen molar-refractivity contribution < 1.29 is 28.9 Å². The van der Waals surface area contributed by atoms with Crippen molar-refractivity contribution in [2.24, 2.45) is 0 Å². The van der Waals surface area contributed by atoms with Crippen LogP contribution in [0.5, 0.6) is 23.0 Å². The maximum Gasteiger partial charge on any atom is 0.312 e. The minimum atomic E-state index is -0.536. The minimum absolute atomic E-state index is 0.000174. The molecule has 0 saturated carbocycles. The molecule has 178 valence electrons. The first kappa shape index (κ1) is 21.7. The first-order valence-corrected chi connectivity index (χ1v) is 11.2. The molecule has 1 unspecified atom stereocenters. The van der Waals surface area contributed by atoms with Gasteiger partial charge in [-0.3, -0.25) is 14.6 Å². The van der Waals surface area contributed by atoms with E-state index in [9.17, 15) is 19.8 Å². The number of carbonyl (C=O) groups is 1. The summed E-state index contributed by atoms with van der Waals surface area (Å²) in [6.07, 6.45) is 1.68. The smallest absolute Gasteiger partial charge is 0.312 e. The minimum Gasteiger partial charge on any atom is -0.507 e. The van der Waals surface area contributed by atoms with Crippen LogP contribution < -0.4 is 14.9 Å². The molecule has 1 aliphatic rings. The molecule has 1 aliphatic heterocycles. The molecular weight excluding hydrogens is 462 g/mol. The number of nitrogens with zero attached hydrogens (tertiary/aromatic N) is 1. The van der Waals surface area contributed by atoms with Gasteiger partial charge in [-0.25, -0.2) is 0 Å². The molecule has 0 amide bonds. The van der Waals surface area contributed by atoms with Crippen molar-refractivity contribution in [1.29, 1.82) is 0 Å². The summed E-state index contributed by atoms with van der Waals surface area (Å²) in [5.74, 6) is -0.928. The van der Waals surface area contributed by atoms with Crippen molar-refractivity contribution in [3.63, 3.8) is 0 Å². The number of hydrogen-bond donors (Lipinski definition) is 2. The van der Waals surface area contributed by atoms with Crippen LogP contribution in [0.4, 0.5) is 0 Å². The number of pyridine rings is 1. The molecule has 5 aromatic rings. The molecule has 3 heterocycles. The van der Waals surface area contributed by atoms with E-state index in [0.29, 0.717) is 16.6 Å². The molecular formula is C28H19NO7. The average molecular weight is 481 g/mol. The van der Waals surface area contributed by atoms with E-state index in [2.05, 4.69) is 4.98 Å². The number of esters is 1. The standard InChI is InChI=1S/C28H19NO7/c1-34-21-8-7-15(10-18(21)30)22-12-19(31)26-20(32)13-23-25(28(26)36-22)17(11-24(33)35-23)16-6-2-4-14-5-3-9-29-27(14)16/h2-10,12-13,17,30,32H,11H2,1H3. The van der Waals surface area contributed by atoms with E-state index in [0.717, 1.165) is 10.9 Å². The van der Waals surface area contributed by atoms with Crippen LogP contribution in [0.3, 0.4) is 0 Å². The van der Waals surface area contributed by atoms with Crippen molar-refractivity contribution >= 4 is 27.8 Å². The average Bonchev–Trinajstić information content (AvgIpc) is 2.87. The lowest BCUT2D eigenvalue weighted by atomic mass is 9.84. The molecule has 6 rings (SSSR count). The van der Waals surface area contributed by atoms with Crippen molar-refractivity contribution in [3.05, 3.63) is 88.2 Å². The Morgan fingerprint density at radius 1 is 1.00 bits per heavy atom. The van der Waals surface area contributed by atoms with Crippen LogP contribution in [-0.2, 0) is 4.79 Å². The number of rotatable bonds is 3. The molecule has 8 nitrogen and oxygen atoms in total. The molecule has 8 heteroatoms. The van der Waals surface area contributed by atoms with Crippen LogP contribution in [-0.4, -0.2) is 28.3 Å². The van der Waals surface area contributed by atoms with Crippen LogP contribution in [0.25, 0.3) is 33.2 Å². The Morgan fingerprint density at radius 2 is 1.83 bits per heavy atom. The molecule has 0 bridgehead atoms. The molecule has 1 atom stereocenters. The van der Waals surface area contributed by atoms with E-state index < -0.39 is 17.3 Å². The van der Waals surface area contributed by atoms with Crippen LogP contribution in [0.1, 0.15) is 23.5 Å².